The lowest BCUT2D eigenvalue weighted by molar-refractivity contribution is 0.513. The number of benzene rings is 1. The van der Waals surface area contributed by atoms with E-state index in [1.54, 1.807) is 0 Å². The van der Waals surface area contributed by atoms with Crippen LogP contribution in [0.4, 0.5) is 0 Å². The van der Waals surface area contributed by atoms with Crippen LogP contribution in [0.5, 0.6) is 0 Å². The third-order valence-corrected chi connectivity index (χ3v) is 3.63. The molecule has 106 valence electrons. The van der Waals surface area contributed by atoms with E-state index in [1.165, 1.54) is 0 Å². The molecule has 0 aliphatic heterocycles. The molecule has 2 aromatic heterocycles. The van der Waals surface area contributed by atoms with Gasteiger partial charge in [0.05, 0.1) is 5.52 Å². The lowest BCUT2D eigenvalue weighted by Gasteiger charge is -2.16. The number of rotatable bonds is 5. The molecule has 2 heterocycles. The number of aryl methyl sites for hydroxylation is 1. The summed E-state index contributed by atoms with van der Waals surface area (Å²) in [6.07, 6.45) is 5.47. The van der Waals surface area contributed by atoms with Crippen molar-refractivity contribution in [3.63, 3.8) is 0 Å². The summed E-state index contributed by atoms with van der Waals surface area (Å²) in [7, 11) is 0. The third kappa shape index (κ3) is 3.24. The number of fused-ring (bicyclic) bond motifs is 1. The molecular formula is C17H18N4. The van der Waals surface area contributed by atoms with Crippen LogP contribution in [0.15, 0.2) is 60.9 Å². The molecule has 0 saturated heterocycles. The maximum absolute atomic E-state index is 5.71. The van der Waals surface area contributed by atoms with Crippen molar-refractivity contribution in [2.45, 2.75) is 18.9 Å². The van der Waals surface area contributed by atoms with Crippen LogP contribution in [0, 0.1) is 0 Å². The Kier molecular flexibility index (Phi) is 4.19. The van der Waals surface area contributed by atoms with Crippen LogP contribution in [0.2, 0.25) is 0 Å². The zero-order valence-electron chi connectivity index (χ0n) is 11.7. The Morgan fingerprint density at radius 1 is 1.05 bits per heavy atom. The molecule has 3 aromatic rings. The lowest BCUT2D eigenvalue weighted by Crippen LogP contribution is -2.28. The van der Waals surface area contributed by atoms with E-state index in [0.717, 1.165) is 35.0 Å². The Labute approximate surface area is 124 Å². The van der Waals surface area contributed by atoms with Crippen molar-refractivity contribution in [1.82, 2.24) is 15.4 Å². The van der Waals surface area contributed by atoms with E-state index in [2.05, 4.69) is 27.5 Å². The van der Waals surface area contributed by atoms with Gasteiger partial charge in [0.1, 0.15) is 0 Å². The summed E-state index contributed by atoms with van der Waals surface area (Å²) >= 11 is 0. The fourth-order valence-corrected chi connectivity index (χ4v) is 2.46. The highest BCUT2D eigenvalue weighted by atomic mass is 15.2. The van der Waals surface area contributed by atoms with Crippen molar-refractivity contribution in [1.29, 1.82) is 0 Å². The number of nitrogens with zero attached hydrogens (tertiary/aromatic N) is 2. The van der Waals surface area contributed by atoms with Crippen LogP contribution >= 0.6 is 0 Å². The Hall–Kier alpha value is -2.30. The van der Waals surface area contributed by atoms with E-state index in [0.29, 0.717) is 0 Å². The quantitative estimate of drug-likeness (QED) is 0.556. The van der Waals surface area contributed by atoms with Gasteiger partial charge in [-0.05, 0) is 42.7 Å². The second-order valence-corrected chi connectivity index (χ2v) is 5.04. The molecule has 1 aromatic carbocycles. The molecule has 4 heteroatoms. The Morgan fingerprint density at radius 3 is 2.71 bits per heavy atom. The van der Waals surface area contributed by atoms with Crippen molar-refractivity contribution < 1.29 is 0 Å². The first-order valence-electron chi connectivity index (χ1n) is 7.07. The zero-order chi connectivity index (χ0) is 14.5. The van der Waals surface area contributed by atoms with Gasteiger partial charge in [-0.25, -0.2) is 0 Å². The summed E-state index contributed by atoms with van der Waals surface area (Å²) in [6, 6.07) is 16.3. The maximum Gasteiger partial charge on any atom is 0.0702 e. The van der Waals surface area contributed by atoms with Gasteiger partial charge in [-0.1, -0.05) is 24.3 Å². The smallest absolute Gasteiger partial charge is 0.0702 e. The van der Waals surface area contributed by atoms with Crippen molar-refractivity contribution in [2.24, 2.45) is 5.84 Å². The third-order valence-electron chi connectivity index (χ3n) is 3.63. The van der Waals surface area contributed by atoms with Crippen LogP contribution in [0.1, 0.15) is 23.7 Å². The van der Waals surface area contributed by atoms with E-state index in [-0.39, 0.29) is 6.04 Å². The molecule has 0 amide bonds. The summed E-state index contributed by atoms with van der Waals surface area (Å²) in [4.78, 5) is 8.84. The number of hydrogen-bond acceptors (Lipinski definition) is 4. The summed E-state index contributed by atoms with van der Waals surface area (Å²) in [5.74, 6) is 5.71. The van der Waals surface area contributed by atoms with Crippen LogP contribution in [-0.4, -0.2) is 9.97 Å². The first kappa shape index (κ1) is 13.7. The van der Waals surface area contributed by atoms with Gasteiger partial charge in [0.15, 0.2) is 0 Å². The second kappa shape index (κ2) is 6.43. The number of nitrogens with one attached hydrogen (secondary N) is 1. The van der Waals surface area contributed by atoms with Gasteiger partial charge in [0.2, 0.25) is 0 Å². The number of nitrogens with two attached hydrogens (primary N) is 1. The minimum absolute atomic E-state index is 0.0733. The van der Waals surface area contributed by atoms with Gasteiger partial charge in [-0.2, -0.15) is 0 Å². The van der Waals surface area contributed by atoms with Crippen LogP contribution in [-0.2, 0) is 6.42 Å². The van der Waals surface area contributed by atoms with Crippen molar-refractivity contribution in [2.75, 3.05) is 0 Å². The Bertz CT molecular complexity index is 712. The Morgan fingerprint density at radius 2 is 1.90 bits per heavy atom. The van der Waals surface area contributed by atoms with E-state index < -0.39 is 0 Å². The first-order valence-corrected chi connectivity index (χ1v) is 7.07. The highest BCUT2D eigenvalue weighted by Gasteiger charge is 2.11. The van der Waals surface area contributed by atoms with Gasteiger partial charge in [0.25, 0.3) is 0 Å². The van der Waals surface area contributed by atoms with Gasteiger partial charge in [0, 0.05) is 29.5 Å². The van der Waals surface area contributed by atoms with Crippen LogP contribution < -0.4 is 11.3 Å². The van der Waals surface area contributed by atoms with Crippen molar-refractivity contribution >= 4 is 10.9 Å². The molecule has 0 aliphatic rings. The fraction of sp³-hybridized carbons (Fsp3) is 0.176. The number of aromatic nitrogens is 2. The molecule has 0 spiro atoms. The van der Waals surface area contributed by atoms with Gasteiger partial charge < -0.3 is 0 Å². The minimum atomic E-state index is 0.0733. The first-order chi connectivity index (χ1) is 10.4. The summed E-state index contributed by atoms with van der Waals surface area (Å²) in [5, 5.41) is 1.13. The molecule has 1 unspecified atom stereocenters. The molecule has 0 aliphatic carbocycles. The topological polar surface area (TPSA) is 63.8 Å². The van der Waals surface area contributed by atoms with E-state index in [9.17, 15) is 0 Å². The van der Waals surface area contributed by atoms with Crippen LogP contribution in [0.25, 0.3) is 10.9 Å². The SMILES string of the molecule is NNC(CCc1ccccn1)c1cnc2ccccc2c1. The zero-order valence-corrected chi connectivity index (χ0v) is 11.7. The predicted octanol–water partition coefficient (Wildman–Crippen LogP) is 2.77. The van der Waals surface area contributed by atoms with Gasteiger partial charge in [-0.3, -0.25) is 21.2 Å². The second-order valence-electron chi connectivity index (χ2n) is 5.04. The largest absolute Gasteiger partial charge is 0.271 e. The number of hydrogen-bond donors (Lipinski definition) is 2. The fourth-order valence-electron chi connectivity index (χ4n) is 2.46. The molecule has 0 bridgehead atoms. The molecule has 0 saturated carbocycles. The maximum atomic E-state index is 5.71. The Balaban J connectivity index is 1.78. The normalized spacial score (nSPS) is 12.4. The average molecular weight is 278 g/mol. The summed E-state index contributed by atoms with van der Waals surface area (Å²) in [5.41, 5.74) is 6.07. The van der Waals surface area contributed by atoms with E-state index >= 15 is 0 Å². The summed E-state index contributed by atoms with van der Waals surface area (Å²) in [6.45, 7) is 0. The molecule has 0 fully saturated rings. The molecule has 3 rings (SSSR count). The number of hydrazine groups is 1. The van der Waals surface area contributed by atoms with E-state index in [1.807, 2.05) is 48.8 Å². The standard InChI is InChI=1S/C17H18N4/c18-21-17(9-8-15-6-3-4-10-19-15)14-11-13-5-1-2-7-16(13)20-12-14/h1-7,10-12,17,21H,8-9,18H2. The molecule has 4 nitrogen and oxygen atoms in total. The molecule has 21 heavy (non-hydrogen) atoms. The molecule has 3 N–H and O–H groups in total. The number of para-hydroxylation sites is 1. The minimum Gasteiger partial charge on any atom is -0.271 e. The average Bonchev–Trinajstić information content (AvgIpc) is 2.56. The lowest BCUT2D eigenvalue weighted by atomic mass is 10.0. The monoisotopic (exact) mass is 278 g/mol. The highest BCUT2D eigenvalue weighted by Crippen LogP contribution is 2.21. The van der Waals surface area contributed by atoms with Gasteiger partial charge in [-0.15, -0.1) is 0 Å². The predicted molar refractivity (Wildman–Crippen MR) is 84.4 cm³/mol. The summed E-state index contributed by atoms with van der Waals surface area (Å²) < 4.78 is 0. The highest BCUT2D eigenvalue weighted by molar-refractivity contribution is 5.78. The van der Waals surface area contributed by atoms with Gasteiger partial charge >= 0.3 is 0 Å². The van der Waals surface area contributed by atoms with Crippen molar-refractivity contribution in [3.05, 3.63) is 72.2 Å². The van der Waals surface area contributed by atoms with E-state index in [4.69, 9.17) is 5.84 Å². The number of pyridine rings is 2. The molecular weight excluding hydrogens is 260 g/mol. The van der Waals surface area contributed by atoms with Crippen LogP contribution in [0.3, 0.4) is 0 Å². The van der Waals surface area contributed by atoms with Crippen molar-refractivity contribution in [3.8, 4) is 0 Å². The molecule has 0 radical (unpaired) electrons. The molecule has 1 atom stereocenters.